The lowest BCUT2D eigenvalue weighted by atomic mass is 10.3. The van der Waals surface area contributed by atoms with Gasteiger partial charge in [0.25, 0.3) is 5.91 Å². The Morgan fingerprint density at radius 3 is 3.00 bits per heavy atom. The second kappa shape index (κ2) is 3.08. The van der Waals surface area contributed by atoms with Crippen LogP contribution in [0.1, 0.15) is 16.2 Å². The van der Waals surface area contributed by atoms with Gasteiger partial charge in [-0.25, -0.2) is 5.84 Å². The van der Waals surface area contributed by atoms with Crippen molar-refractivity contribution < 1.29 is 4.79 Å². The van der Waals surface area contributed by atoms with Crippen molar-refractivity contribution in [1.29, 1.82) is 0 Å². The topological polar surface area (TPSA) is 85.3 Å². The average Bonchev–Trinajstić information content (AvgIpc) is 2.59. The van der Waals surface area contributed by atoms with E-state index < -0.39 is 0 Å². The minimum atomic E-state index is -0.333. The van der Waals surface area contributed by atoms with Crippen LogP contribution in [0.25, 0.3) is 5.65 Å². The predicted molar refractivity (Wildman–Crippen MR) is 49.4 cm³/mol. The number of nitrogens with zero attached hydrogens (tertiary/aromatic N) is 3. The van der Waals surface area contributed by atoms with Crippen LogP contribution in [0.4, 0.5) is 0 Å². The smallest absolute Gasteiger partial charge is 0.266 e. The molecule has 1 amide bonds. The van der Waals surface area contributed by atoms with Crippen molar-refractivity contribution in [3.05, 3.63) is 29.7 Å². The van der Waals surface area contributed by atoms with Crippen LogP contribution in [-0.4, -0.2) is 20.5 Å². The predicted octanol–water partition coefficient (Wildman–Crippen LogP) is -0.359. The van der Waals surface area contributed by atoms with Gasteiger partial charge in [-0.1, -0.05) is 0 Å². The van der Waals surface area contributed by atoms with E-state index in [-0.39, 0.29) is 5.91 Å². The number of nitrogens with one attached hydrogen (secondary N) is 1. The maximum atomic E-state index is 11.2. The third kappa shape index (κ3) is 1.21. The third-order valence-electron chi connectivity index (χ3n) is 1.97. The Morgan fingerprint density at radius 2 is 2.29 bits per heavy atom. The molecular formula is C8H9N5O. The number of fused-ring (bicyclic) bond motifs is 1. The molecule has 0 radical (unpaired) electrons. The average molecular weight is 191 g/mol. The summed E-state index contributed by atoms with van der Waals surface area (Å²) in [4.78, 5) is 11.2. The Bertz CT molecular complexity index is 489. The molecule has 0 unspecified atom stereocenters. The molecule has 0 aliphatic heterocycles. The van der Waals surface area contributed by atoms with Crippen molar-refractivity contribution in [2.45, 2.75) is 6.92 Å². The van der Waals surface area contributed by atoms with Crippen LogP contribution in [-0.2, 0) is 0 Å². The van der Waals surface area contributed by atoms with Crippen LogP contribution in [0.5, 0.6) is 0 Å². The summed E-state index contributed by atoms with van der Waals surface area (Å²) in [7, 11) is 0. The van der Waals surface area contributed by atoms with Crippen LogP contribution >= 0.6 is 0 Å². The number of carbonyl (C=O) groups is 1. The number of rotatable bonds is 1. The summed E-state index contributed by atoms with van der Waals surface area (Å²) in [6.45, 7) is 1.81. The summed E-state index contributed by atoms with van der Waals surface area (Å²) >= 11 is 0. The van der Waals surface area contributed by atoms with E-state index >= 15 is 0 Å². The molecule has 0 atom stereocenters. The summed E-state index contributed by atoms with van der Waals surface area (Å²) in [6, 6.07) is 3.36. The molecule has 72 valence electrons. The molecule has 0 saturated heterocycles. The number of hydrogen-bond acceptors (Lipinski definition) is 4. The Kier molecular flexibility index (Phi) is 1.90. The molecule has 2 aromatic rings. The molecule has 6 nitrogen and oxygen atoms in total. The Morgan fingerprint density at radius 1 is 1.50 bits per heavy atom. The summed E-state index contributed by atoms with van der Waals surface area (Å²) < 4.78 is 1.73. The largest absolute Gasteiger partial charge is 0.290 e. The summed E-state index contributed by atoms with van der Waals surface area (Å²) in [6.07, 6.45) is 1.65. The molecule has 2 aromatic heterocycles. The number of nitrogen functional groups attached to an aromatic ring is 1. The van der Waals surface area contributed by atoms with Crippen molar-refractivity contribution in [3.63, 3.8) is 0 Å². The zero-order chi connectivity index (χ0) is 10.1. The van der Waals surface area contributed by atoms with E-state index in [4.69, 9.17) is 5.84 Å². The van der Waals surface area contributed by atoms with Crippen molar-refractivity contribution in [1.82, 2.24) is 20.0 Å². The van der Waals surface area contributed by atoms with E-state index in [0.717, 1.165) is 5.82 Å². The molecule has 0 bridgehead atoms. The van der Waals surface area contributed by atoms with Gasteiger partial charge in [0.15, 0.2) is 5.65 Å². The zero-order valence-corrected chi connectivity index (χ0v) is 7.56. The first kappa shape index (κ1) is 8.64. The van der Waals surface area contributed by atoms with E-state index in [1.165, 1.54) is 0 Å². The number of carbonyl (C=O) groups excluding carboxylic acids is 1. The number of aryl methyl sites for hydroxylation is 1. The molecule has 0 aliphatic carbocycles. The maximum Gasteiger partial charge on any atom is 0.266 e. The minimum absolute atomic E-state index is 0.333. The molecule has 0 spiro atoms. The van der Waals surface area contributed by atoms with Gasteiger partial charge in [0, 0.05) is 6.20 Å². The van der Waals surface area contributed by atoms with E-state index in [9.17, 15) is 4.79 Å². The second-order valence-corrected chi connectivity index (χ2v) is 2.87. The fourth-order valence-electron chi connectivity index (χ4n) is 1.22. The maximum absolute atomic E-state index is 11.2. The number of nitrogens with two attached hydrogens (primary N) is 1. The van der Waals surface area contributed by atoms with Crippen LogP contribution in [0.15, 0.2) is 18.3 Å². The highest BCUT2D eigenvalue weighted by molar-refractivity contribution is 5.93. The molecule has 14 heavy (non-hydrogen) atoms. The monoisotopic (exact) mass is 191 g/mol. The summed E-state index contributed by atoms with van der Waals surface area (Å²) in [5.41, 5.74) is 3.24. The molecule has 3 N–H and O–H groups in total. The second-order valence-electron chi connectivity index (χ2n) is 2.87. The van der Waals surface area contributed by atoms with Gasteiger partial charge in [0.1, 0.15) is 5.82 Å². The van der Waals surface area contributed by atoms with Gasteiger partial charge in [0.2, 0.25) is 0 Å². The number of pyridine rings is 1. The lowest BCUT2D eigenvalue weighted by Crippen LogP contribution is -2.30. The highest BCUT2D eigenvalue weighted by atomic mass is 16.2. The van der Waals surface area contributed by atoms with E-state index in [2.05, 4.69) is 15.6 Å². The van der Waals surface area contributed by atoms with Crippen LogP contribution in [0.2, 0.25) is 0 Å². The fraction of sp³-hybridized carbons (Fsp3) is 0.125. The molecule has 0 fully saturated rings. The molecule has 0 saturated carbocycles. The van der Waals surface area contributed by atoms with Crippen LogP contribution in [0.3, 0.4) is 0 Å². The molecule has 0 aromatic carbocycles. The minimum Gasteiger partial charge on any atom is -0.290 e. The molecule has 2 heterocycles. The standard InChI is InChI=1S/C8H9N5O/c1-5-11-12-7-3-2-6(4-13(5)7)8(14)10-9/h2-4H,9H2,1H3,(H,10,14). The first-order valence-corrected chi connectivity index (χ1v) is 4.04. The van der Waals surface area contributed by atoms with Gasteiger partial charge in [-0.05, 0) is 19.1 Å². The SMILES string of the molecule is Cc1nnc2ccc(C(=O)NN)cn12. The molecular weight excluding hydrogens is 182 g/mol. The van der Waals surface area contributed by atoms with Gasteiger partial charge in [-0.15, -0.1) is 10.2 Å². The van der Waals surface area contributed by atoms with Crippen molar-refractivity contribution >= 4 is 11.6 Å². The number of aromatic nitrogens is 3. The van der Waals surface area contributed by atoms with Crippen molar-refractivity contribution in [2.24, 2.45) is 5.84 Å². The Hall–Kier alpha value is -1.95. The fourth-order valence-corrected chi connectivity index (χ4v) is 1.22. The van der Waals surface area contributed by atoms with E-state index in [0.29, 0.717) is 11.2 Å². The van der Waals surface area contributed by atoms with Gasteiger partial charge in [-0.3, -0.25) is 14.6 Å². The Labute approximate surface area is 79.7 Å². The van der Waals surface area contributed by atoms with E-state index in [1.807, 2.05) is 6.92 Å². The zero-order valence-electron chi connectivity index (χ0n) is 7.56. The molecule has 2 rings (SSSR count). The summed E-state index contributed by atoms with van der Waals surface area (Å²) in [5, 5.41) is 7.77. The third-order valence-corrected chi connectivity index (χ3v) is 1.97. The number of hydrazine groups is 1. The molecule has 6 heteroatoms. The lowest BCUT2D eigenvalue weighted by molar-refractivity contribution is 0.0953. The van der Waals surface area contributed by atoms with Gasteiger partial charge >= 0.3 is 0 Å². The quantitative estimate of drug-likeness (QED) is 0.366. The van der Waals surface area contributed by atoms with E-state index in [1.54, 1.807) is 22.7 Å². The molecule has 0 aliphatic rings. The highest BCUT2D eigenvalue weighted by Crippen LogP contribution is 2.05. The normalized spacial score (nSPS) is 10.4. The van der Waals surface area contributed by atoms with Crippen LogP contribution in [0, 0.1) is 6.92 Å². The highest BCUT2D eigenvalue weighted by Gasteiger charge is 2.06. The first-order chi connectivity index (χ1) is 6.72. The van der Waals surface area contributed by atoms with Gasteiger partial charge in [0.05, 0.1) is 5.56 Å². The lowest BCUT2D eigenvalue weighted by Gasteiger charge is -2.00. The van der Waals surface area contributed by atoms with Gasteiger partial charge < -0.3 is 0 Å². The summed E-state index contributed by atoms with van der Waals surface area (Å²) in [5.74, 6) is 5.42. The van der Waals surface area contributed by atoms with Crippen LogP contribution < -0.4 is 11.3 Å². The van der Waals surface area contributed by atoms with Crippen molar-refractivity contribution in [3.8, 4) is 0 Å². The first-order valence-electron chi connectivity index (χ1n) is 4.04. The Balaban J connectivity index is 2.60. The van der Waals surface area contributed by atoms with Gasteiger partial charge in [-0.2, -0.15) is 0 Å². The number of amides is 1. The number of hydrogen-bond donors (Lipinski definition) is 2. The van der Waals surface area contributed by atoms with Crippen molar-refractivity contribution in [2.75, 3.05) is 0 Å².